The third-order valence-corrected chi connectivity index (χ3v) is 7.69. The second-order valence-corrected chi connectivity index (χ2v) is 10.7. The Hall–Kier alpha value is -3.24. The van der Waals surface area contributed by atoms with Crippen LogP contribution in [0.3, 0.4) is 0 Å². The minimum absolute atomic E-state index is 0.0176. The zero-order chi connectivity index (χ0) is 27.0. The van der Waals surface area contributed by atoms with Gasteiger partial charge in [-0.25, -0.2) is 4.79 Å². The van der Waals surface area contributed by atoms with E-state index in [2.05, 4.69) is 24.3 Å². The highest BCUT2D eigenvalue weighted by Crippen LogP contribution is 2.44. The van der Waals surface area contributed by atoms with Crippen LogP contribution in [0, 0.1) is 6.92 Å². The van der Waals surface area contributed by atoms with E-state index in [0.717, 1.165) is 5.56 Å². The van der Waals surface area contributed by atoms with Gasteiger partial charge in [0.1, 0.15) is 6.61 Å². The molecule has 38 heavy (non-hydrogen) atoms. The number of nitrogens with zero attached hydrogens (tertiary/aromatic N) is 1. The summed E-state index contributed by atoms with van der Waals surface area (Å²) in [7, 11) is -2.13. The normalized spacial score (nSPS) is 12.7. The summed E-state index contributed by atoms with van der Waals surface area (Å²) in [5.41, 5.74) is 5.69. The number of rotatable bonds is 13. The molecule has 1 aliphatic rings. The first-order chi connectivity index (χ1) is 18.4. The van der Waals surface area contributed by atoms with Crippen LogP contribution in [0.4, 0.5) is 4.79 Å². The maximum atomic E-state index is 12.5. The molecule has 0 saturated heterocycles. The zero-order valence-corrected chi connectivity index (χ0v) is 22.5. The number of carbonyl (C=O) groups is 1. The van der Waals surface area contributed by atoms with E-state index in [4.69, 9.17) is 18.4 Å². The summed E-state index contributed by atoms with van der Waals surface area (Å²) in [5, 5.41) is 0. The van der Waals surface area contributed by atoms with Crippen LogP contribution in [0.15, 0.2) is 77.7 Å². The molecule has 0 fully saturated rings. The predicted octanol–water partition coefficient (Wildman–Crippen LogP) is 4.61. The molecule has 9 heteroatoms. The zero-order valence-electron chi connectivity index (χ0n) is 21.7. The van der Waals surface area contributed by atoms with Gasteiger partial charge in [-0.05, 0) is 41.3 Å². The van der Waals surface area contributed by atoms with Crippen LogP contribution < -0.4 is 0 Å². The summed E-state index contributed by atoms with van der Waals surface area (Å²) in [6.07, 6.45) is -0.404. The van der Waals surface area contributed by atoms with E-state index in [9.17, 15) is 13.2 Å². The van der Waals surface area contributed by atoms with Crippen LogP contribution in [-0.2, 0) is 28.5 Å². The Kier molecular flexibility index (Phi) is 9.52. The molecule has 4 rings (SSSR count). The third kappa shape index (κ3) is 6.99. The number of likely N-dealkylation sites (N-methyl/N-ethyl adjacent to an activating group) is 1. The number of hydrogen-bond donors (Lipinski definition) is 0. The lowest BCUT2D eigenvalue weighted by Crippen LogP contribution is -2.32. The van der Waals surface area contributed by atoms with Crippen molar-refractivity contribution in [1.29, 1.82) is 0 Å². The van der Waals surface area contributed by atoms with Gasteiger partial charge >= 0.3 is 6.09 Å². The maximum absolute atomic E-state index is 12.5. The topological polar surface area (TPSA) is 91.4 Å². The number of fused-ring (bicyclic) bond motifs is 3. The highest BCUT2D eigenvalue weighted by molar-refractivity contribution is 7.86. The largest absolute Gasteiger partial charge is 0.448 e. The van der Waals surface area contributed by atoms with E-state index in [1.807, 2.05) is 31.2 Å². The van der Waals surface area contributed by atoms with Crippen molar-refractivity contribution in [2.75, 3.05) is 53.2 Å². The second kappa shape index (κ2) is 13.0. The van der Waals surface area contributed by atoms with E-state index in [1.54, 1.807) is 19.2 Å². The van der Waals surface area contributed by atoms with Crippen LogP contribution >= 0.6 is 0 Å². The van der Waals surface area contributed by atoms with Gasteiger partial charge in [-0.15, -0.1) is 0 Å². The number of ether oxygens (including phenoxy) is 3. The molecule has 8 nitrogen and oxygen atoms in total. The highest BCUT2D eigenvalue weighted by atomic mass is 32.2. The molecule has 0 bridgehead atoms. The molecule has 0 atom stereocenters. The maximum Gasteiger partial charge on any atom is 0.409 e. The average Bonchev–Trinajstić information content (AvgIpc) is 3.24. The highest BCUT2D eigenvalue weighted by Gasteiger charge is 2.29. The molecule has 202 valence electrons. The quantitative estimate of drug-likeness (QED) is 0.231. The molecule has 0 spiro atoms. The van der Waals surface area contributed by atoms with Gasteiger partial charge in [0.2, 0.25) is 0 Å². The molecule has 3 aromatic carbocycles. The molecule has 1 amide bonds. The Bertz CT molecular complexity index is 1280. The summed E-state index contributed by atoms with van der Waals surface area (Å²) in [5.74, 6) is 0.0176. The van der Waals surface area contributed by atoms with Crippen LogP contribution in [0.2, 0.25) is 0 Å². The first-order valence-electron chi connectivity index (χ1n) is 12.5. The first-order valence-corrected chi connectivity index (χ1v) is 14.0. The van der Waals surface area contributed by atoms with E-state index in [-0.39, 0.29) is 37.2 Å². The van der Waals surface area contributed by atoms with E-state index < -0.39 is 16.2 Å². The molecule has 0 unspecified atom stereocenters. The first kappa shape index (κ1) is 27.8. The fourth-order valence-electron chi connectivity index (χ4n) is 4.29. The van der Waals surface area contributed by atoms with Crippen LogP contribution in [0.1, 0.15) is 22.6 Å². The summed E-state index contributed by atoms with van der Waals surface area (Å²) in [6.45, 7) is 3.47. The molecule has 3 aromatic rings. The molecule has 0 N–H and O–H groups in total. The molecule has 0 aliphatic heterocycles. The van der Waals surface area contributed by atoms with Crippen molar-refractivity contribution in [3.8, 4) is 11.1 Å². The Morgan fingerprint density at radius 1 is 0.789 bits per heavy atom. The van der Waals surface area contributed by atoms with Gasteiger partial charge in [0.15, 0.2) is 0 Å². The summed E-state index contributed by atoms with van der Waals surface area (Å²) < 4.78 is 45.8. The Balaban J connectivity index is 1.09. The third-order valence-electron chi connectivity index (χ3n) is 6.37. The second-order valence-electron chi connectivity index (χ2n) is 9.04. The molecule has 0 aromatic heterocycles. The number of amides is 1. The Labute approximate surface area is 224 Å². The van der Waals surface area contributed by atoms with E-state index in [0.29, 0.717) is 19.8 Å². The smallest absolute Gasteiger partial charge is 0.409 e. The average molecular weight is 540 g/mol. The van der Waals surface area contributed by atoms with Crippen LogP contribution in [0.5, 0.6) is 0 Å². The summed E-state index contributed by atoms with van der Waals surface area (Å²) >= 11 is 0. The summed E-state index contributed by atoms with van der Waals surface area (Å²) in [6, 6.07) is 22.9. The summed E-state index contributed by atoms with van der Waals surface area (Å²) in [4.78, 5) is 14.1. The molecular formula is C29H33NO7S. The van der Waals surface area contributed by atoms with Gasteiger partial charge in [-0.1, -0.05) is 66.2 Å². The van der Waals surface area contributed by atoms with Crippen molar-refractivity contribution in [1.82, 2.24) is 4.90 Å². The number of benzene rings is 3. The molecule has 1 aliphatic carbocycles. The van der Waals surface area contributed by atoms with Gasteiger partial charge in [0, 0.05) is 19.5 Å². The van der Waals surface area contributed by atoms with E-state index >= 15 is 0 Å². The van der Waals surface area contributed by atoms with Crippen molar-refractivity contribution in [3.05, 3.63) is 89.5 Å². The van der Waals surface area contributed by atoms with Crippen molar-refractivity contribution >= 4 is 16.2 Å². The molecular weight excluding hydrogens is 506 g/mol. The lowest BCUT2D eigenvalue weighted by molar-refractivity contribution is 0.0300. The van der Waals surface area contributed by atoms with Crippen LogP contribution in [-0.4, -0.2) is 72.6 Å². The van der Waals surface area contributed by atoms with Crippen molar-refractivity contribution in [3.63, 3.8) is 0 Å². The predicted molar refractivity (Wildman–Crippen MR) is 144 cm³/mol. The lowest BCUT2D eigenvalue weighted by atomic mass is 9.98. The molecule has 0 radical (unpaired) electrons. The molecule has 0 heterocycles. The van der Waals surface area contributed by atoms with Crippen molar-refractivity contribution < 1.29 is 31.6 Å². The van der Waals surface area contributed by atoms with Gasteiger partial charge in [-0.3, -0.25) is 4.18 Å². The minimum atomic E-state index is -3.80. The number of carbonyl (C=O) groups excluding carboxylic acids is 1. The van der Waals surface area contributed by atoms with E-state index in [1.165, 1.54) is 39.3 Å². The van der Waals surface area contributed by atoms with Gasteiger partial charge < -0.3 is 19.1 Å². The van der Waals surface area contributed by atoms with Gasteiger partial charge in [-0.2, -0.15) is 8.42 Å². The van der Waals surface area contributed by atoms with Crippen molar-refractivity contribution in [2.24, 2.45) is 0 Å². The van der Waals surface area contributed by atoms with Gasteiger partial charge in [0.05, 0.1) is 37.9 Å². The van der Waals surface area contributed by atoms with Crippen molar-refractivity contribution in [2.45, 2.75) is 17.7 Å². The number of aryl methyl sites for hydroxylation is 1. The standard InChI is InChI=1S/C29H33NO7S/c1-22-11-13-23(14-12-22)38(32,33)37-20-19-35-18-17-34-16-15-30(2)29(31)36-21-28-26-9-5-3-7-24(26)25-8-4-6-10-27(25)28/h3-14,28H,15-21H2,1-2H3. The Morgan fingerprint density at radius 3 is 1.97 bits per heavy atom. The lowest BCUT2D eigenvalue weighted by Gasteiger charge is -2.19. The minimum Gasteiger partial charge on any atom is -0.448 e. The monoisotopic (exact) mass is 539 g/mol. The van der Waals surface area contributed by atoms with Crippen LogP contribution in [0.25, 0.3) is 11.1 Å². The molecule has 0 saturated carbocycles. The fourth-order valence-corrected chi connectivity index (χ4v) is 5.19. The Morgan fingerprint density at radius 2 is 1.34 bits per heavy atom. The number of hydrogen-bond acceptors (Lipinski definition) is 7. The fraction of sp³-hybridized carbons (Fsp3) is 0.345. The van der Waals surface area contributed by atoms with Gasteiger partial charge in [0.25, 0.3) is 10.1 Å². The SMILES string of the molecule is Cc1ccc(S(=O)(=O)OCCOCCOCCN(C)C(=O)OCC2c3ccccc3-c3ccccc32)cc1.